The molecule has 0 saturated carbocycles. The summed E-state index contributed by atoms with van der Waals surface area (Å²) in [6, 6.07) is 52.5. The molecule has 15 heteroatoms. The quantitative estimate of drug-likeness (QED) is 0.162. The average Bonchev–Trinajstić information content (AvgIpc) is 3.39. The molecule has 0 spiro atoms. The number of hydrogen-bond donors (Lipinski definition) is 0. The lowest BCUT2D eigenvalue weighted by Gasteiger charge is -2.52. The Morgan fingerprint density at radius 1 is 0.261 bits per heavy atom. The van der Waals surface area contributed by atoms with Gasteiger partial charge in [-0.3, -0.25) is 0 Å². The Bertz CT molecular complexity index is 3760. The summed E-state index contributed by atoms with van der Waals surface area (Å²) in [5, 5.41) is 0. The summed E-state index contributed by atoms with van der Waals surface area (Å²) in [7, 11) is -2.93. The summed E-state index contributed by atoms with van der Waals surface area (Å²) < 4.78 is 56.2. The summed E-state index contributed by atoms with van der Waals surface area (Å²) in [5.74, 6) is 5.80. The van der Waals surface area contributed by atoms with E-state index in [9.17, 15) is 0 Å². The van der Waals surface area contributed by atoms with Gasteiger partial charge >= 0.3 is 35.5 Å². The molecule has 0 amide bonds. The second kappa shape index (κ2) is 11.5. The van der Waals surface area contributed by atoms with E-state index < -0.39 is 35.5 Å². The third-order valence-corrected chi connectivity index (χ3v) is 15.8. The normalized spacial score (nSPS) is 16.0. The Morgan fingerprint density at radius 2 is 0.623 bits per heavy atom. The predicted octanol–water partition coefficient (Wildman–Crippen LogP) is 7.61. The third kappa shape index (κ3) is 3.91. The van der Waals surface area contributed by atoms with Gasteiger partial charge in [-0.15, -0.1) is 0 Å². The van der Waals surface area contributed by atoms with Gasteiger partial charge in [0.05, 0.1) is 0 Å². The molecule has 0 fully saturated rings. The molecular weight excluding hydrogens is 859 g/mol. The fraction of sp³-hybridized carbons (Fsp3) is 0. The number of nitrogens with zero attached hydrogens (tertiary/aromatic N) is 2. The van der Waals surface area contributed by atoms with E-state index >= 15 is 0 Å². The summed E-state index contributed by atoms with van der Waals surface area (Å²) in [6.45, 7) is -0.463. The van der Waals surface area contributed by atoms with Crippen LogP contribution in [-0.2, 0) is 0 Å². The Kier molecular flexibility index (Phi) is 5.77. The standard InChI is InChI=1S/C54H25B5N2O8/c1-3-11-26(12-4-1)60-32-23-38-48-44-36(21-19-30-28-15-7-9-17-34(28)62-56(66-38)50(30)44)64-58-53(48)42(32)46-40(68-58)25-41-47-43-33(61(55(60)52(46)47)27-13-5-2-6-14-27)24-39-49-45-37(65-59(69-41)54(43)49)22-20-31-29-16-8-10-18-35(29)63-57(67-39)51(31)45/h1-25H. The highest BCUT2D eigenvalue weighted by Crippen LogP contribution is 2.61. The Balaban J connectivity index is 0.944. The maximum atomic E-state index is 7.22. The summed E-state index contributed by atoms with van der Waals surface area (Å²) in [6.07, 6.45) is 0. The zero-order chi connectivity index (χ0) is 44.1. The molecule has 0 N–H and O–H groups in total. The topological polar surface area (TPSA) is 80.3 Å². The van der Waals surface area contributed by atoms with Gasteiger partial charge in [0, 0.05) is 118 Å². The molecule has 0 aromatic heterocycles. The minimum atomic E-state index is -0.781. The van der Waals surface area contributed by atoms with E-state index in [1.54, 1.807) is 0 Å². The highest BCUT2D eigenvalue weighted by atomic mass is 16.6. The summed E-state index contributed by atoms with van der Waals surface area (Å²) >= 11 is 0. The molecule has 10 aliphatic heterocycles. The zero-order valence-corrected chi connectivity index (χ0v) is 36.0. The van der Waals surface area contributed by atoms with Gasteiger partial charge in [-0.25, -0.2) is 0 Å². The number of hydrogen-bond acceptors (Lipinski definition) is 10. The molecule has 9 aromatic rings. The molecule has 9 aromatic carbocycles. The lowest BCUT2D eigenvalue weighted by Crippen LogP contribution is -2.66. The van der Waals surface area contributed by atoms with Crippen LogP contribution in [0.2, 0.25) is 0 Å². The first-order valence-corrected chi connectivity index (χ1v) is 23.4. The fourth-order valence-electron chi connectivity index (χ4n) is 13.3. The van der Waals surface area contributed by atoms with E-state index in [4.69, 9.17) is 37.2 Å². The number of rotatable bonds is 2. The van der Waals surface area contributed by atoms with Crippen LogP contribution < -0.4 is 74.2 Å². The molecule has 10 heterocycles. The number of benzene rings is 9. The molecule has 0 atom stereocenters. The molecule has 0 bridgehead atoms. The van der Waals surface area contributed by atoms with E-state index in [2.05, 4.69) is 125 Å². The van der Waals surface area contributed by atoms with Crippen LogP contribution in [0.4, 0.5) is 22.7 Å². The average molecular weight is 884 g/mol. The summed E-state index contributed by atoms with van der Waals surface area (Å²) in [4.78, 5) is 4.90. The second-order valence-electron chi connectivity index (χ2n) is 19.0. The van der Waals surface area contributed by atoms with Crippen molar-refractivity contribution in [2.75, 3.05) is 9.62 Å². The lowest BCUT2D eigenvalue weighted by molar-refractivity contribution is 0.416. The Labute approximate surface area is 395 Å². The highest BCUT2D eigenvalue weighted by Gasteiger charge is 2.60. The maximum absolute atomic E-state index is 7.22. The van der Waals surface area contributed by atoms with Crippen molar-refractivity contribution < 1.29 is 37.2 Å². The minimum Gasteiger partial charge on any atom is -0.521 e. The van der Waals surface area contributed by atoms with Gasteiger partial charge in [-0.1, -0.05) is 84.9 Å². The van der Waals surface area contributed by atoms with Gasteiger partial charge in [0.15, 0.2) is 0 Å². The molecule has 0 aliphatic carbocycles. The van der Waals surface area contributed by atoms with E-state index in [-0.39, 0.29) is 0 Å². The first-order valence-electron chi connectivity index (χ1n) is 23.4. The smallest absolute Gasteiger partial charge is 0.521 e. The molecule has 314 valence electrons. The van der Waals surface area contributed by atoms with Gasteiger partial charge < -0.3 is 46.9 Å². The molecule has 69 heavy (non-hydrogen) atoms. The first-order chi connectivity index (χ1) is 34.2. The number of fused-ring (bicyclic) bond motifs is 4. The van der Waals surface area contributed by atoms with E-state index in [1.165, 1.54) is 0 Å². The first kappa shape index (κ1) is 34.6. The highest BCUT2D eigenvalue weighted by molar-refractivity contribution is 6.88. The fourth-order valence-corrected chi connectivity index (χ4v) is 13.3. The van der Waals surface area contributed by atoms with E-state index in [0.29, 0.717) is 23.0 Å². The molecule has 10 aliphatic rings. The van der Waals surface area contributed by atoms with Crippen molar-refractivity contribution in [1.29, 1.82) is 0 Å². The van der Waals surface area contributed by atoms with Crippen LogP contribution in [0, 0.1) is 0 Å². The van der Waals surface area contributed by atoms with Crippen LogP contribution >= 0.6 is 0 Å². The molecular formula is C54H25B5N2O8. The van der Waals surface area contributed by atoms with Crippen molar-refractivity contribution >= 4 is 85.5 Å². The predicted molar refractivity (Wildman–Crippen MR) is 268 cm³/mol. The van der Waals surface area contributed by atoms with E-state index in [0.717, 1.165) is 140 Å². The van der Waals surface area contributed by atoms with Crippen LogP contribution in [-0.4, -0.2) is 35.5 Å². The minimum absolute atomic E-state index is 0.463. The molecule has 10 nitrogen and oxygen atoms in total. The van der Waals surface area contributed by atoms with Crippen molar-refractivity contribution in [3.63, 3.8) is 0 Å². The van der Waals surface area contributed by atoms with Crippen molar-refractivity contribution in [1.82, 2.24) is 0 Å². The van der Waals surface area contributed by atoms with Crippen molar-refractivity contribution in [3.05, 3.63) is 152 Å². The van der Waals surface area contributed by atoms with Crippen LogP contribution in [0.3, 0.4) is 0 Å². The SMILES string of the molecule is c1ccc(N2B3c4c5c(cc6c4-c4c(cc7c8c4B(Oc4ccc9c(c4-8)B(Oc4ccccc4-9)O7)O6)N3c3ccccc3)OB3Oc4ccc6c7c4-c4c(cc2c-5c43)OB7Oc2ccccc2-6)cc1. The third-order valence-electron chi connectivity index (χ3n) is 15.8. The van der Waals surface area contributed by atoms with Crippen molar-refractivity contribution in [2.24, 2.45) is 0 Å². The molecule has 0 radical (unpaired) electrons. The monoisotopic (exact) mass is 884 g/mol. The van der Waals surface area contributed by atoms with Crippen LogP contribution in [0.25, 0.3) is 66.8 Å². The Morgan fingerprint density at radius 3 is 1.10 bits per heavy atom. The van der Waals surface area contributed by atoms with Crippen molar-refractivity contribution in [2.45, 2.75) is 0 Å². The second-order valence-corrected chi connectivity index (χ2v) is 19.0. The lowest BCUT2D eigenvalue weighted by atomic mass is 9.48. The van der Waals surface area contributed by atoms with Gasteiger partial charge in [0.1, 0.15) is 46.0 Å². The summed E-state index contributed by atoms with van der Waals surface area (Å²) in [5.41, 5.74) is 21.0. The largest absolute Gasteiger partial charge is 0.634 e. The van der Waals surface area contributed by atoms with Crippen LogP contribution in [0.5, 0.6) is 46.0 Å². The van der Waals surface area contributed by atoms with E-state index in [1.807, 2.05) is 36.4 Å². The maximum Gasteiger partial charge on any atom is 0.634 e. The molecule has 19 rings (SSSR count). The van der Waals surface area contributed by atoms with Crippen molar-refractivity contribution in [3.8, 4) is 113 Å². The number of anilines is 4. The Hall–Kier alpha value is -8.70. The zero-order valence-electron chi connectivity index (χ0n) is 36.0. The van der Waals surface area contributed by atoms with Gasteiger partial charge in [-0.05, 0) is 65.1 Å². The van der Waals surface area contributed by atoms with Gasteiger partial charge in [-0.2, -0.15) is 0 Å². The molecule has 0 unspecified atom stereocenters. The molecule has 0 saturated heterocycles. The van der Waals surface area contributed by atoms with Gasteiger partial charge in [0.2, 0.25) is 0 Å². The number of para-hydroxylation sites is 4. The van der Waals surface area contributed by atoms with Crippen LogP contribution in [0.15, 0.2) is 152 Å². The van der Waals surface area contributed by atoms with Gasteiger partial charge in [0.25, 0.3) is 0 Å². The van der Waals surface area contributed by atoms with Crippen LogP contribution in [0.1, 0.15) is 0 Å².